The monoisotopic (exact) mass is 486 g/mol. The number of methoxy groups -OCH3 is 2. The molecule has 3 aromatic carbocycles. The van der Waals surface area contributed by atoms with Gasteiger partial charge in [0, 0.05) is 32.7 Å². The minimum Gasteiger partial charge on any atom is -0.493 e. The summed E-state index contributed by atoms with van der Waals surface area (Å²) in [6.45, 7) is 3.94. The number of hydrogen-bond acceptors (Lipinski definition) is 6. The van der Waals surface area contributed by atoms with Crippen molar-refractivity contribution in [1.82, 2.24) is 9.80 Å². The van der Waals surface area contributed by atoms with Crippen molar-refractivity contribution in [2.24, 2.45) is 0 Å². The maximum atomic E-state index is 13.0. The maximum Gasteiger partial charge on any atom is 0.289 e. The molecule has 0 unspecified atom stereocenters. The van der Waals surface area contributed by atoms with Crippen molar-refractivity contribution in [1.29, 1.82) is 0 Å². The third-order valence-corrected chi connectivity index (χ3v) is 6.49. The highest BCUT2D eigenvalue weighted by Crippen LogP contribution is 2.28. The summed E-state index contributed by atoms with van der Waals surface area (Å²) >= 11 is 0. The molecule has 1 amide bonds. The number of carbonyl (C=O) groups is 1. The van der Waals surface area contributed by atoms with E-state index < -0.39 is 0 Å². The highest BCUT2D eigenvalue weighted by Gasteiger charge is 2.24. The SMILES string of the molecule is COc1ccc(CN2CCN(C(=O)c3ccc(COc4ccc5ccccc5c4)o3)CC2)cc1OC. The lowest BCUT2D eigenvalue weighted by molar-refractivity contribution is 0.0594. The normalized spacial score (nSPS) is 14.1. The Bertz CT molecular complexity index is 1340. The highest BCUT2D eigenvalue weighted by atomic mass is 16.5. The van der Waals surface area contributed by atoms with E-state index in [0.29, 0.717) is 24.6 Å². The van der Waals surface area contributed by atoms with Gasteiger partial charge in [0.15, 0.2) is 17.3 Å². The predicted molar refractivity (Wildman–Crippen MR) is 138 cm³/mol. The van der Waals surface area contributed by atoms with E-state index >= 15 is 0 Å². The first-order chi connectivity index (χ1) is 17.6. The molecule has 36 heavy (non-hydrogen) atoms. The van der Waals surface area contributed by atoms with Crippen molar-refractivity contribution in [2.45, 2.75) is 13.2 Å². The molecule has 1 aromatic heterocycles. The largest absolute Gasteiger partial charge is 0.493 e. The Balaban J connectivity index is 1.13. The second kappa shape index (κ2) is 10.7. The standard InChI is InChI=1S/C29H30N2O5/c1-33-26-11-7-21(17-28(26)34-2)19-30-13-15-31(16-14-30)29(32)27-12-10-25(36-27)20-35-24-9-8-22-5-3-4-6-23(22)18-24/h3-12,17-18H,13-16,19-20H2,1-2H3. The number of furan rings is 1. The third-order valence-electron chi connectivity index (χ3n) is 6.49. The van der Waals surface area contributed by atoms with Crippen molar-refractivity contribution in [3.05, 3.63) is 89.9 Å². The summed E-state index contributed by atoms with van der Waals surface area (Å²) in [5, 5.41) is 2.29. The molecule has 2 heterocycles. The van der Waals surface area contributed by atoms with Crippen LogP contribution in [0.4, 0.5) is 0 Å². The number of piperazine rings is 1. The van der Waals surface area contributed by atoms with Crippen molar-refractivity contribution in [3.8, 4) is 17.2 Å². The number of fused-ring (bicyclic) bond motifs is 1. The fourth-order valence-electron chi connectivity index (χ4n) is 4.48. The summed E-state index contributed by atoms with van der Waals surface area (Å²) in [4.78, 5) is 17.2. The molecule has 1 fully saturated rings. The molecule has 1 aliphatic rings. The quantitative estimate of drug-likeness (QED) is 0.350. The average Bonchev–Trinajstić information content (AvgIpc) is 3.41. The fourth-order valence-corrected chi connectivity index (χ4v) is 4.48. The van der Waals surface area contributed by atoms with Crippen LogP contribution in [0, 0.1) is 0 Å². The number of hydrogen-bond donors (Lipinski definition) is 0. The number of carbonyl (C=O) groups excluding carboxylic acids is 1. The molecule has 4 aromatic rings. The Labute approximate surface area is 210 Å². The van der Waals surface area contributed by atoms with Crippen LogP contribution in [-0.4, -0.2) is 56.1 Å². The molecule has 1 aliphatic heterocycles. The van der Waals surface area contributed by atoms with Crippen LogP contribution < -0.4 is 14.2 Å². The smallest absolute Gasteiger partial charge is 0.289 e. The van der Waals surface area contributed by atoms with Crippen molar-refractivity contribution in [3.63, 3.8) is 0 Å². The summed E-state index contributed by atoms with van der Waals surface area (Å²) < 4.78 is 22.4. The Morgan fingerprint density at radius 2 is 1.61 bits per heavy atom. The summed E-state index contributed by atoms with van der Waals surface area (Å²) in [5.41, 5.74) is 1.15. The van der Waals surface area contributed by atoms with Gasteiger partial charge in [0.1, 0.15) is 18.1 Å². The molecule has 0 saturated carbocycles. The first-order valence-electron chi connectivity index (χ1n) is 12.1. The summed E-state index contributed by atoms with van der Waals surface area (Å²) in [7, 11) is 3.27. The topological polar surface area (TPSA) is 64.4 Å². The lowest BCUT2D eigenvalue weighted by Crippen LogP contribution is -2.48. The van der Waals surface area contributed by atoms with E-state index in [0.717, 1.165) is 47.8 Å². The Hall–Kier alpha value is -3.97. The minimum atomic E-state index is -0.0854. The first kappa shape index (κ1) is 23.8. The van der Waals surface area contributed by atoms with Gasteiger partial charge < -0.3 is 23.5 Å². The summed E-state index contributed by atoms with van der Waals surface area (Å²) in [5.74, 6) is 3.10. The molecular formula is C29H30N2O5. The molecule has 0 aliphatic carbocycles. The zero-order chi connectivity index (χ0) is 24.9. The van der Waals surface area contributed by atoms with E-state index in [9.17, 15) is 4.79 Å². The molecule has 7 nitrogen and oxygen atoms in total. The zero-order valence-electron chi connectivity index (χ0n) is 20.6. The average molecular weight is 487 g/mol. The Morgan fingerprint density at radius 1 is 0.833 bits per heavy atom. The second-order valence-corrected chi connectivity index (χ2v) is 8.82. The number of amides is 1. The van der Waals surface area contributed by atoms with Crippen LogP contribution in [0.3, 0.4) is 0 Å². The van der Waals surface area contributed by atoms with Crippen LogP contribution in [0.25, 0.3) is 10.8 Å². The summed E-state index contributed by atoms with van der Waals surface area (Å²) in [6, 6.07) is 23.6. The number of rotatable bonds is 8. The molecule has 0 N–H and O–H groups in total. The number of nitrogens with zero attached hydrogens (tertiary/aromatic N) is 2. The van der Waals surface area contributed by atoms with Gasteiger partial charge in [-0.15, -0.1) is 0 Å². The predicted octanol–water partition coefficient (Wildman–Crippen LogP) is 4.99. The lowest BCUT2D eigenvalue weighted by Gasteiger charge is -2.34. The van der Waals surface area contributed by atoms with E-state index in [2.05, 4.69) is 17.0 Å². The van der Waals surface area contributed by atoms with E-state index in [1.54, 1.807) is 20.3 Å². The molecule has 1 saturated heterocycles. The van der Waals surface area contributed by atoms with Gasteiger partial charge >= 0.3 is 0 Å². The number of benzene rings is 3. The van der Waals surface area contributed by atoms with Gasteiger partial charge in [-0.2, -0.15) is 0 Å². The fraction of sp³-hybridized carbons (Fsp3) is 0.276. The van der Waals surface area contributed by atoms with Gasteiger partial charge in [-0.05, 0) is 52.7 Å². The van der Waals surface area contributed by atoms with E-state index in [1.165, 1.54) is 5.39 Å². The second-order valence-electron chi connectivity index (χ2n) is 8.82. The van der Waals surface area contributed by atoms with Gasteiger partial charge in [0.25, 0.3) is 5.91 Å². The molecule has 186 valence electrons. The van der Waals surface area contributed by atoms with Gasteiger partial charge in [0.2, 0.25) is 0 Å². The molecular weight excluding hydrogens is 456 g/mol. The van der Waals surface area contributed by atoms with Crippen molar-refractivity contribution >= 4 is 16.7 Å². The van der Waals surface area contributed by atoms with Crippen molar-refractivity contribution in [2.75, 3.05) is 40.4 Å². The molecule has 7 heteroatoms. The van der Waals surface area contributed by atoms with Gasteiger partial charge in [-0.1, -0.05) is 36.4 Å². The zero-order valence-corrected chi connectivity index (χ0v) is 20.6. The third kappa shape index (κ3) is 5.31. The van der Waals surface area contributed by atoms with Crippen molar-refractivity contribution < 1.29 is 23.4 Å². The van der Waals surface area contributed by atoms with Crippen LogP contribution in [-0.2, 0) is 13.2 Å². The van der Waals surface area contributed by atoms with Gasteiger partial charge in [-0.3, -0.25) is 9.69 Å². The van der Waals surface area contributed by atoms with Crippen LogP contribution >= 0.6 is 0 Å². The van der Waals surface area contributed by atoms with E-state index in [-0.39, 0.29) is 12.5 Å². The maximum absolute atomic E-state index is 13.0. The first-order valence-corrected chi connectivity index (χ1v) is 12.1. The molecule has 0 radical (unpaired) electrons. The van der Waals surface area contributed by atoms with Crippen LogP contribution in [0.5, 0.6) is 17.2 Å². The number of ether oxygens (including phenoxy) is 3. The Morgan fingerprint density at radius 3 is 2.39 bits per heavy atom. The van der Waals surface area contributed by atoms with Crippen LogP contribution in [0.1, 0.15) is 21.9 Å². The summed E-state index contributed by atoms with van der Waals surface area (Å²) in [6.07, 6.45) is 0. The van der Waals surface area contributed by atoms with Gasteiger partial charge in [0.05, 0.1) is 14.2 Å². The van der Waals surface area contributed by atoms with E-state index in [4.69, 9.17) is 18.6 Å². The van der Waals surface area contributed by atoms with Gasteiger partial charge in [-0.25, -0.2) is 0 Å². The molecule has 5 rings (SSSR count). The van der Waals surface area contributed by atoms with Crippen LogP contribution in [0.2, 0.25) is 0 Å². The minimum absolute atomic E-state index is 0.0854. The molecule has 0 spiro atoms. The lowest BCUT2D eigenvalue weighted by atomic mass is 10.1. The molecule has 0 bridgehead atoms. The van der Waals surface area contributed by atoms with E-state index in [1.807, 2.05) is 59.5 Å². The van der Waals surface area contributed by atoms with Crippen LogP contribution in [0.15, 0.2) is 77.2 Å². The molecule has 0 atom stereocenters. The Kier molecular flexibility index (Phi) is 7.09. The highest BCUT2D eigenvalue weighted by molar-refractivity contribution is 5.91.